The number of nitrogen functional groups attached to an aromatic ring is 1. The Morgan fingerprint density at radius 3 is 2.75 bits per heavy atom. The Labute approximate surface area is 94.3 Å². The molecule has 0 amide bonds. The van der Waals surface area contributed by atoms with E-state index in [-0.39, 0.29) is 6.10 Å². The quantitative estimate of drug-likeness (QED) is 0.626. The number of esters is 1. The van der Waals surface area contributed by atoms with Crippen LogP contribution in [-0.2, 0) is 4.74 Å². The molecule has 1 aromatic carbocycles. The second-order valence-corrected chi connectivity index (χ2v) is 3.92. The minimum atomic E-state index is -0.415. The Morgan fingerprint density at radius 2 is 2.19 bits per heavy atom. The molecule has 1 aliphatic rings. The van der Waals surface area contributed by atoms with Crippen LogP contribution in [0, 0.1) is 0 Å². The zero-order valence-corrected chi connectivity index (χ0v) is 9.23. The van der Waals surface area contributed by atoms with Crippen molar-refractivity contribution < 1.29 is 14.3 Å². The number of methoxy groups -OCH3 is 1. The summed E-state index contributed by atoms with van der Waals surface area (Å²) in [5.74, 6) is 0.146. The maximum absolute atomic E-state index is 11.5. The number of nitrogens with two attached hydrogens (primary N) is 1. The lowest BCUT2D eigenvalue weighted by atomic mass is 9.96. The van der Waals surface area contributed by atoms with Gasteiger partial charge in [-0.15, -0.1) is 0 Å². The maximum atomic E-state index is 11.5. The summed E-state index contributed by atoms with van der Waals surface area (Å²) in [5, 5.41) is 0. The second kappa shape index (κ2) is 4.43. The molecule has 0 aliphatic heterocycles. The standard InChI is InChI=1S/C12H15NO3/c1-15-12(14)10-7-8(13)5-6-11(10)16-9-3-2-4-9/h5-7,9H,2-4,13H2,1H3. The number of carbonyl (C=O) groups is 1. The first kappa shape index (κ1) is 10.8. The number of benzene rings is 1. The third-order valence-corrected chi connectivity index (χ3v) is 2.75. The van der Waals surface area contributed by atoms with Crippen LogP contribution in [0.4, 0.5) is 5.69 Å². The Balaban J connectivity index is 2.23. The van der Waals surface area contributed by atoms with Gasteiger partial charge in [-0.25, -0.2) is 4.79 Å². The monoisotopic (exact) mass is 221 g/mol. The first-order valence-corrected chi connectivity index (χ1v) is 5.35. The largest absolute Gasteiger partial charge is 0.490 e. The highest BCUT2D eigenvalue weighted by Gasteiger charge is 2.22. The van der Waals surface area contributed by atoms with E-state index in [1.165, 1.54) is 13.5 Å². The van der Waals surface area contributed by atoms with Crippen molar-refractivity contribution in [2.24, 2.45) is 0 Å². The summed E-state index contributed by atoms with van der Waals surface area (Å²) >= 11 is 0. The van der Waals surface area contributed by atoms with Gasteiger partial charge in [-0.1, -0.05) is 0 Å². The minimum absolute atomic E-state index is 0.229. The molecule has 2 rings (SSSR count). The topological polar surface area (TPSA) is 61.5 Å². The van der Waals surface area contributed by atoms with Gasteiger partial charge >= 0.3 is 5.97 Å². The van der Waals surface area contributed by atoms with Gasteiger partial charge in [-0.3, -0.25) is 0 Å². The van der Waals surface area contributed by atoms with E-state index in [4.69, 9.17) is 15.2 Å². The maximum Gasteiger partial charge on any atom is 0.341 e. The average molecular weight is 221 g/mol. The van der Waals surface area contributed by atoms with Crippen LogP contribution in [0.1, 0.15) is 29.6 Å². The van der Waals surface area contributed by atoms with Gasteiger partial charge in [0.2, 0.25) is 0 Å². The second-order valence-electron chi connectivity index (χ2n) is 3.92. The number of rotatable bonds is 3. The van der Waals surface area contributed by atoms with E-state index in [1.807, 2.05) is 0 Å². The highest BCUT2D eigenvalue weighted by molar-refractivity contribution is 5.93. The van der Waals surface area contributed by atoms with Crippen molar-refractivity contribution in [1.29, 1.82) is 0 Å². The number of ether oxygens (including phenoxy) is 2. The van der Waals surface area contributed by atoms with Crippen LogP contribution in [-0.4, -0.2) is 19.2 Å². The zero-order valence-electron chi connectivity index (χ0n) is 9.23. The van der Waals surface area contributed by atoms with E-state index in [2.05, 4.69) is 0 Å². The Morgan fingerprint density at radius 1 is 1.44 bits per heavy atom. The van der Waals surface area contributed by atoms with E-state index >= 15 is 0 Å². The van der Waals surface area contributed by atoms with E-state index in [0.29, 0.717) is 17.0 Å². The lowest BCUT2D eigenvalue weighted by Gasteiger charge is -2.27. The molecule has 0 unspecified atom stereocenters. The molecule has 4 nitrogen and oxygen atoms in total. The molecule has 0 aromatic heterocycles. The van der Waals surface area contributed by atoms with Crippen molar-refractivity contribution in [1.82, 2.24) is 0 Å². The van der Waals surface area contributed by atoms with Crippen LogP contribution in [0.15, 0.2) is 18.2 Å². The van der Waals surface area contributed by atoms with Crippen LogP contribution in [0.25, 0.3) is 0 Å². The van der Waals surface area contributed by atoms with Crippen LogP contribution in [0.3, 0.4) is 0 Å². The summed E-state index contributed by atoms with van der Waals surface area (Å²) < 4.78 is 10.4. The van der Waals surface area contributed by atoms with E-state index in [0.717, 1.165) is 12.8 Å². The molecular formula is C12H15NO3. The van der Waals surface area contributed by atoms with Crippen molar-refractivity contribution in [3.63, 3.8) is 0 Å². The lowest BCUT2D eigenvalue weighted by molar-refractivity contribution is 0.0585. The van der Waals surface area contributed by atoms with Gasteiger partial charge in [-0.05, 0) is 37.5 Å². The van der Waals surface area contributed by atoms with Crippen molar-refractivity contribution in [3.05, 3.63) is 23.8 Å². The summed E-state index contributed by atoms with van der Waals surface area (Å²) in [6, 6.07) is 5.03. The first-order chi connectivity index (χ1) is 7.70. The third kappa shape index (κ3) is 2.10. The molecule has 86 valence electrons. The fraction of sp³-hybridized carbons (Fsp3) is 0.417. The predicted octanol–water partition coefficient (Wildman–Crippen LogP) is 1.99. The lowest BCUT2D eigenvalue weighted by Crippen LogP contribution is -2.25. The summed E-state index contributed by atoms with van der Waals surface area (Å²) in [6.45, 7) is 0. The fourth-order valence-corrected chi connectivity index (χ4v) is 1.59. The first-order valence-electron chi connectivity index (χ1n) is 5.35. The van der Waals surface area contributed by atoms with Crippen molar-refractivity contribution >= 4 is 11.7 Å². The summed E-state index contributed by atoms with van der Waals surface area (Å²) in [5.41, 5.74) is 6.56. The molecule has 0 heterocycles. The molecule has 16 heavy (non-hydrogen) atoms. The van der Waals surface area contributed by atoms with Crippen molar-refractivity contribution in [3.8, 4) is 5.75 Å². The van der Waals surface area contributed by atoms with Gasteiger partial charge in [0.1, 0.15) is 11.3 Å². The number of carbonyl (C=O) groups excluding carboxylic acids is 1. The van der Waals surface area contributed by atoms with Gasteiger partial charge in [0.15, 0.2) is 0 Å². The van der Waals surface area contributed by atoms with Crippen molar-refractivity contribution in [2.75, 3.05) is 12.8 Å². The number of hydrogen-bond donors (Lipinski definition) is 1. The summed E-state index contributed by atoms with van der Waals surface area (Å²) in [6.07, 6.45) is 3.51. The SMILES string of the molecule is COC(=O)c1cc(N)ccc1OC1CCC1. The van der Waals surface area contributed by atoms with Crippen LogP contribution in [0.2, 0.25) is 0 Å². The number of anilines is 1. The van der Waals surface area contributed by atoms with Crippen LogP contribution >= 0.6 is 0 Å². The van der Waals surface area contributed by atoms with Crippen molar-refractivity contribution in [2.45, 2.75) is 25.4 Å². The van der Waals surface area contributed by atoms with Gasteiger partial charge in [0.05, 0.1) is 13.2 Å². The minimum Gasteiger partial charge on any atom is -0.490 e. The Bertz CT molecular complexity index is 399. The molecule has 1 aliphatic carbocycles. The van der Waals surface area contributed by atoms with Gasteiger partial charge in [0.25, 0.3) is 0 Å². The van der Waals surface area contributed by atoms with Gasteiger partial charge in [-0.2, -0.15) is 0 Å². The molecular weight excluding hydrogens is 206 g/mol. The smallest absolute Gasteiger partial charge is 0.341 e. The highest BCUT2D eigenvalue weighted by atomic mass is 16.5. The molecule has 1 fully saturated rings. The Hall–Kier alpha value is -1.71. The molecule has 0 radical (unpaired) electrons. The fourth-order valence-electron chi connectivity index (χ4n) is 1.59. The van der Waals surface area contributed by atoms with Crippen LogP contribution < -0.4 is 10.5 Å². The molecule has 2 N–H and O–H groups in total. The molecule has 1 saturated carbocycles. The predicted molar refractivity (Wildman–Crippen MR) is 60.5 cm³/mol. The van der Waals surface area contributed by atoms with E-state index < -0.39 is 5.97 Å². The molecule has 1 aromatic rings. The molecule has 0 bridgehead atoms. The average Bonchev–Trinajstić information content (AvgIpc) is 2.23. The normalized spacial score (nSPS) is 15.3. The summed E-state index contributed by atoms with van der Waals surface area (Å²) in [4.78, 5) is 11.5. The molecule has 0 saturated heterocycles. The van der Waals surface area contributed by atoms with E-state index in [1.54, 1.807) is 18.2 Å². The summed E-state index contributed by atoms with van der Waals surface area (Å²) in [7, 11) is 1.35. The number of hydrogen-bond acceptors (Lipinski definition) is 4. The van der Waals surface area contributed by atoms with Gasteiger partial charge < -0.3 is 15.2 Å². The van der Waals surface area contributed by atoms with Gasteiger partial charge in [0, 0.05) is 5.69 Å². The zero-order chi connectivity index (χ0) is 11.5. The molecule has 0 spiro atoms. The third-order valence-electron chi connectivity index (χ3n) is 2.75. The Kier molecular flexibility index (Phi) is 2.99. The molecule has 4 heteroatoms. The molecule has 0 atom stereocenters. The highest BCUT2D eigenvalue weighted by Crippen LogP contribution is 2.29. The van der Waals surface area contributed by atoms with Crippen LogP contribution in [0.5, 0.6) is 5.75 Å². The van der Waals surface area contributed by atoms with E-state index in [9.17, 15) is 4.79 Å².